The summed E-state index contributed by atoms with van der Waals surface area (Å²) in [6.07, 6.45) is 4.35. The van der Waals surface area contributed by atoms with Crippen LogP contribution in [0.15, 0.2) is 18.2 Å². The van der Waals surface area contributed by atoms with E-state index in [1.807, 2.05) is 27.7 Å². The molecule has 0 saturated heterocycles. The number of carbonyl (C=O) groups excluding carboxylic acids is 3. The summed E-state index contributed by atoms with van der Waals surface area (Å²) in [5, 5.41) is 13.1. The first-order valence-corrected chi connectivity index (χ1v) is 12.9. The van der Waals surface area contributed by atoms with Crippen LogP contribution >= 0.6 is 0 Å². The van der Waals surface area contributed by atoms with E-state index in [9.17, 15) is 24.3 Å². The van der Waals surface area contributed by atoms with E-state index in [4.69, 9.17) is 14.2 Å². The van der Waals surface area contributed by atoms with Crippen LogP contribution in [0, 0.1) is 0 Å². The van der Waals surface area contributed by atoms with E-state index >= 15 is 0 Å². The zero-order valence-corrected chi connectivity index (χ0v) is 22.2. The Bertz CT molecular complexity index is 885. The number of esters is 3. The van der Waals surface area contributed by atoms with Gasteiger partial charge in [-0.2, -0.15) is 0 Å². The number of benzene rings is 1. The molecular formula is C27H41NO8. The predicted molar refractivity (Wildman–Crippen MR) is 135 cm³/mol. The maximum Gasteiger partial charge on any atom is 0.364 e. The molecule has 0 aliphatic carbocycles. The van der Waals surface area contributed by atoms with Crippen molar-refractivity contribution >= 4 is 23.9 Å². The average molecular weight is 508 g/mol. The van der Waals surface area contributed by atoms with Gasteiger partial charge in [0.05, 0.1) is 0 Å². The number of rotatable bonds is 17. The average Bonchev–Trinajstić information content (AvgIpc) is 2.81. The molecule has 0 aliphatic heterocycles. The predicted octanol–water partition coefficient (Wildman–Crippen LogP) is 4.93. The minimum absolute atomic E-state index is 0.00695. The van der Waals surface area contributed by atoms with Crippen molar-refractivity contribution in [1.29, 1.82) is 0 Å². The number of aliphatic carboxylic acids is 1. The van der Waals surface area contributed by atoms with Gasteiger partial charge in [-0.25, -0.2) is 4.79 Å². The summed E-state index contributed by atoms with van der Waals surface area (Å²) in [5.41, 5.74) is -1.60. The largest absolute Gasteiger partial charge is 0.477 e. The van der Waals surface area contributed by atoms with Gasteiger partial charge in [0.1, 0.15) is 0 Å². The lowest BCUT2D eigenvalue weighted by atomic mass is 10.00. The smallest absolute Gasteiger partial charge is 0.364 e. The van der Waals surface area contributed by atoms with E-state index in [0.29, 0.717) is 31.2 Å². The molecule has 1 unspecified atom stereocenters. The Balaban J connectivity index is 3.37. The normalized spacial score (nSPS) is 13.4. The summed E-state index contributed by atoms with van der Waals surface area (Å²) in [6, 6.07) is 4.20. The molecule has 1 aromatic rings. The second kappa shape index (κ2) is 15.9. The first kappa shape index (κ1) is 31.1. The minimum atomic E-state index is -2.02. The Hall–Kier alpha value is -2.94. The highest BCUT2D eigenvalue weighted by Crippen LogP contribution is 2.31. The number of nitrogens with one attached hydrogen (secondary N) is 1. The van der Waals surface area contributed by atoms with E-state index in [-0.39, 0.29) is 43.2 Å². The van der Waals surface area contributed by atoms with Gasteiger partial charge >= 0.3 is 23.9 Å². The highest BCUT2D eigenvalue weighted by Gasteiger charge is 2.44. The molecule has 2 N–H and O–H groups in total. The fourth-order valence-corrected chi connectivity index (χ4v) is 3.43. The Kier molecular flexibility index (Phi) is 13.8. The molecule has 1 rings (SSSR count). The fourth-order valence-electron chi connectivity index (χ4n) is 3.43. The van der Waals surface area contributed by atoms with Crippen LogP contribution in [0.5, 0.6) is 11.5 Å². The molecule has 0 heterocycles. The Labute approximate surface area is 213 Å². The van der Waals surface area contributed by atoms with Crippen molar-refractivity contribution in [2.45, 2.75) is 111 Å². The second-order valence-corrected chi connectivity index (χ2v) is 8.92. The molecule has 0 amide bonds. The number of carbonyl (C=O) groups is 4. The molecule has 0 saturated carbocycles. The van der Waals surface area contributed by atoms with Crippen molar-refractivity contribution in [3.63, 3.8) is 0 Å². The number of carboxylic acid groups (broad SMARTS) is 1. The van der Waals surface area contributed by atoms with Crippen molar-refractivity contribution in [2.24, 2.45) is 0 Å². The molecule has 0 spiro atoms. The lowest BCUT2D eigenvalue weighted by Crippen LogP contribution is -2.59. The minimum Gasteiger partial charge on any atom is -0.477 e. The highest BCUT2D eigenvalue weighted by molar-refractivity contribution is 5.82. The van der Waals surface area contributed by atoms with Crippen LogP contribution < -0.4 is 14.8 Å². The Morgan fingerprint density at radius 3 is 2.00 bits per heavy atom. The zero-order chi connectivity index (χ0) is 27.1. The van der Waals surface area contributed by atoms with E-state index in [0.717, 1.165) is 12.8 Å². The van der Waals surface area contributed by atoms with Crippen molar-refractivity contribution in [2.75, 3.05) is 0 Å². The summed E-state index contributed by atoms with van der Waals surface area (Å²) in [7, 11) is 0. The van der Waals surface area contributed by atoms with Crippen LogP contribution in [-0.2, 0) is 30.3 Å². The van der Waals surface area contributed by atoms with E-state index in [2.05, 4.69) is 5.32 Å². The van der Waals surface area contributed by atoms with Crippen LogP contribution in [0.3, 0.4) is 0 Å². The molecule has 202 valence electrons. The summed E-state index contributed by atoms with van der Waals surface area (Å²) >= 11 is 0. The van der Waals surface area contributed by atoms with E-state index in [1.54, 1.807) is 13.0 Å². The molecule has 9 heteroatoms. The van der Waals surface area contributed by atoms with Crippen molar-refractivity contribution in [3.8, 4) is 11.5 Å². The number of carboxylic acids is 1. The molecule has 0 aliphatic rings. The van der Waals surface area contributed by atoms with Crippen molar-refractivity contribution in [3.05, 3.63) is 23.8 Å². The molecule has 0 aromatic heterocycles. The molecule has 9 nitrogen and oxygen atoms in total. The van der Waals surface area contributed by atoms with Crippen LogP contribution in [-0.4, -0.2) is 40.8 Å². The van der Waals surface area contributed by atoms with Gasteiger partial charge in [-0.1, -0.05) is 46.6 Å². The first-order valence-electron chi connectivity index (χ1n) is 12.9. The van der Waals surface area contributed by atoms with Gasteiger partial charge in [0.2, 0.25) is 0 Å². The molecule has 1 aromatic carbocycles. The number of hydrogen-bond donors (Lipinski definition) is 2. The molecule has 0 radical (unpaired) electrons. The SMILES string of the molecule is CCCCCC(=O)O[C@](Cc1ccc(OC(=O)CCC)c(OC(=O)CCC)c1)(NC(C)CC)C(=O)O. The Morgan fingerprint density at radius 2 is 1.47 bits per heavy atom. The maximum atomic E-state index is 12.6. The van der Waals surface area contributed by atoms with Crippen LogP contribution in [0.4, 0.5) is 0 Å². The van der Waals surface area contributed by atoms with Gasteiger partial charge in [-0.15, -0.1) is 0 Å². The van der Waals surface area contributed by atoms with Crippen molar-refractivity contribution < 1.29 is 38.5 Å². The van der Waals surface area contributed by atoms with Crippen LogP contribution in [0.25, 0.3) is 0 Å². The van der Waals surface area contributed by atoms with Gasteiger partial charge in [-0.05, 0) is 50.3 Å². The van der Waals surface area contributed by atoms with Gasteiger partial charge in [0.15, 0.2) is 11.5 Å². The third kappa shape index (κ3) is 10.4. The second-order valence-electron chi connectivity index (χ2n) is 8.92. The van der Waals surface area contributed by atoms with Gasteiger partial charge in [0, 0.05) is 31.7 Å². The van der Waals surface area contributed by atoms with Crippen molar-refractivity contribution in [1.82, 2.24) is 5.32 Å². The molecule has 0 bridgehead atoms. The molecule has 0 fully saturated rings. The molecule has 36 heavy (non-hydrogen) atoms. The summed E-state index contributed by atoms with van der Waals surface area (Å²) in [6.45, 7) is 9.36. The lowest BCUT2D eigenvalue weighted by molar-refractivity contribution is -0.184. The summed E-state index contributed by atoms with van der Waals surface area (Å²) in [4.78, 5) is 49.3. The lowest BCUT2D eigenvalue weighted by Gasteiger charge is -2.33. The maximum absolute atomic E-state index is 12.6. The quantitative estimate of drug-likeness (QED) is 0.130. The number of ether oxygens (including phenoxy) is 3. The fraction of sp³-hybridized carbons (Fsp3) is 0.630. The van der Waals surface area contributed by atoms with Crippen LogP contribution in [0.1, 0.15) is 98.0 Å². The Morgan fingerprint density at radius 1 is 0.861 bits per heavy atom. The monoisotopic (exact) mass is 507 g/mol. The number of hydrogen-bond acceptors (Lipinski definition) is 8. The highest BCUT2D eigenvalue weighted by atomic mass is 16.6. The third-order valence-corrected chi connectivity index (χ3v) is 5.53. The number of unbranched alkanes of at least 4 members (excludes halogenated alkanes) is 2. The zero-order valence-electron chi connectivity index (χ0n) is 22.2. The topological polar surface area (TPSA) is 128 Å². The van der Waals surface area contributed by atoms with Crippen LogP contribution in [0.2, 0.25) is 0 Å². The van der Waals surface area contributed by atoms with Gasteiger partial charge in [0.25, 0.3) is 5.72 Å². The van der Waals surface area contributed by atoms with E-state index < -0.39 is 29.6 Å². The van der Waals surface area contributed by atoms with Gasteiger partial charge in [-0.3, -0.25) is 19.7 Å². The standard InChI is InChI=1S/C27H41NO8/c1-6-10-11-14-25(31)36-27(26(32)33,28-19(5)9-4)18-20-15-16-21(34-23(29)12-7-2)22(17-20)35-24(30)13-8-3/h15-17,19,28H,6-14,18H2,1-5H3,(H,32,33)/t19?,27-/m0/s1. The first-order chi connectivity index (χ1) is 17.1. The molecule has 2 atom stereocenters. The summed E-state index contributed by atoms with van der Waals surface area (Å²) < 4.78 is 16.4. The molecular weight excluding hydrogens is 466 g/mol. The third-order valence-electron chi connectivity index (χ3n) is 5.53. The van der Waals surface area contributed by atoms with E-state index in [1.165, 1.54) is 12.1 Å². The van der Waals surface area contributed by atoms with Gasteiger partial charge < -0.3 is 19.3 Å². The summed E-state index contributed by atoms with van der Waals surface area (Å²) in [5.74, 6) is -2.86.